The van der Waals surface area contributed by atoms with Gasteiger partial charge in [0.25, 0.3) is 5.91 Å². The predicted molar refractivity (Wildman–Crippen MR) is 68.1 cm³/mol. The van der Waals surface area contributed by atoms with Crippen LogP contribution in [0.2, 0.25) is 0 Å². The van der Waals surface area contributed by atoms with Gasteiger partial charge < -0.3 is 10.6 Å². The lowest BCUT2D eigenvalue weighted by molar-refractivity contribution is 0.0373. The molecule has 1 aromatic heterocycles. The van der Waals surface area contributed by atoms with Crippen molar-refractivity contribution in [3.05, 3.63) is 11.8 Å². The Morgan fingerprint density at radius 2 is 2.28 bits per heavy atom. The summed E-state index contributed by atoms with van der Waals surface area (Å²) in [6.45, 7) is 3.78. The first-order chi connectivity index (χ1) is 8.75. The molecule has 1 amide bonds. The molecule has 0 bridgehead atoms. The van der Waals surface area contributed by atoms with Crippen molar-refractivity contribution in [1.29, 1.82) is 0 Å². The van der Waals surface area contributed by atoms with Crippen LogP contribution in [0.5, 0.6) is 0 Å². The van der Waals surface area contributed by atoms with Crippen molar-refractivity contribution in [2.45, 2.75) is 25.3 Å². The van der Waals surface area contributed by atoms with E-state index in [1.54, 1.807) is 0 Å². The van der Waals surface area contributed by atoms with E-state index in [2.05, 4.69) is 15.1 Å². The van der Waals surface area contributed by atoms with Gasteiger partial charge in [-0.3, -0.25) is 14.8 Å². The highest BCUT2D eigenvalue weighted by Crippen LogP contribution is 2.22. The maximum atomic E-state index is 12.3. The Balaban J connectivity index is 1.70. The van der Waals surface area contributed by atoms with Crippen molar-refractivity contribution < 1.29 is 4.79 Å². The van der Waals surface area contributed by atoms with E-state index in [9.17, 15) is 4.79 Å². The Bertz CT molecular complexity index is 443. The summed E-state index contributed by atoms with van der Waals surface area (Å²) in [5.41, 5.74) is 6.20. The van der Waals surface area contributed by atoms with Crippen LogP contribution in [0.25, 0.3) is 0 Å². The van der Waals surface area contributed by atoms with E-state index in [4.69, 9.17) is 5.73 Å². The molecule has 3 N–H and O–H groups in total. The van der Waals surface area contributed by atoms with E-state index in [1.165, 1.54) is 32.0 Å². The summed E-state index contributed by atoms with van der Waals surface area (Å²) in [5.74, 6) is 0.373. The van der Waals surface area contributed by atoms with E-state index in [-0.39, 0.29) is 5.91 Å². The zero-order valence-corrected chi connectivity index (χ0v) is 10.4. The van der Waals surface area contributed by atoms with Gasteiger partial charge in [-0.1, -0.05) is 6.42 Å². The summed E-state index contributed by atoms with van der Waals surface area (Å²) in [5, 5.41) is 6.43. The van der Waals surface area contributed by atoms with Crippen LogP contribution >= 0.6 is 0 Å². The zero-order chi connectivity index (χ0) is 12.5. The number of hydrogen-bond acceptors (Lipinski definition) is 4. The first kappa shape index (κ1) is 11.5. The summed E-state index contributed by atoms with van der Waals surface area (Å²) < 4.78 is 0. The first-order valence-electron chi connectivity index (χ1n) is 6.58. The molecule has 3 heterocycles. The number of anilines is 1. The van der Waals surface area contributed by atoms with Crippen LogP contribution in [0.15, 0.2) is 6.20 Å². The molecule has 0 aromatic carbocycles. The second-order valence-corrected chi connectivity index (χ2v) is 5.13. The van der Waals surface area contributed by atoms with E-state index >= 15 is 0 Å². The van der Waals surface area contributed by atoms with Crippen LogP contribution < -0.4 is 5.73 Å². The zero-order valence-electron chi connectivity index (χ0n) is 10.4. The third-order valence-corrected chi connectivity index (χ3v) is 4.02. The number of fused-ring (bicyclic) bond motifs is 1. The summed E-state index contributed by atoms with van der Waals surface area (Å²) in [7, 11) is 0. The number of carbonyl (C=O) groups excluding carboxylic acids is 1. The van der Waals surface area contributed by atoms with Gasteiger partial charge in [-0.25, -0.2) is 0 Å². The minimum absolute atomic E-state index is 0.00599. The Labute approximate surface area is 106 Å². The molecule has 0 spiro atoms. The van der Waals surface area contributed by atoms with Crippen LogP contribution in [0.3, 0.4) is 0 Å². The maximum absolute atomic E-state index is 12.3. The van der Waals surface area contributed by atoms with Gasteiger partial charge in [0.1, 0.15) is 11.4 Å². The fourth-order valence-corrected chi connectivity index (χ4v) is 2.98. The lowest BCUT2D eigenvalue weighted by Gasteiger charge is -2.43. The molecule has 2 saturated heterocycles. The number of carbonyl (C=O) groups is 1. The average molecular weight is 249 g/mol. The molecule has 2 aliphatic heterocycles. The quantitative estimate of drug-likeness (QED) is 0.750. The molecule has 98 valence electrons. The second kappa shape index (κ2) is 4.61. The Kier molecular flexibility index (Phi) is 2.95. The number of nitrogens with zero attached hydrogens (tertiary/aromatic N) is 3. The summed E-state index contributed by atoms with van der Waals surface area (Å²) >= 11 is 0. The largest absolute Gasteiger partial charge is 0.383 e. The molecule has 6 nitrogen and oxygen atoms in total. The van der Waals surface area contributed by atoms with Crippen LogP contribution in [0.1, 0.15) is 29.6 Å². The van der Waals surface area contributed by atoms with E-state index in [0.29, 0.717) is 17.4 Å². The van der Waals surface area contributed by atoms with Gasteiger partial charge in [0.2, 0.25) is 0 Å². The molecule has 0 radical (unpaired) electrons. The number of nitrogens with two attached hydrogens (primary N) is 1. The maximum Gasteiger partial charge on any atom is 0.259 e. The predicted octanol–water partition coefficient (Wildman–Crippen LogP) is 0.302. The third-order valence-electron chi connectivity index (χ3n) is 4.02. The van der Waals surface area contributed by atoms with Gasteiger partial charge in [0.15, 0.2) is 0 Å². The van der Waals surface area contributed by atoms with E-state index in [0.717, 1.165) is 19.6 Å². The van der Waals surface area contributed by atoms with Crippen LogP contribution in [0, 0.1) is 0 Å². The molecule has 18 heavy (non-hydrogen) atoms. The smallest absolute Gasteiger partial charge is 0.259 e. The van der Waals surface area contributed by atoms with Crippen LogP contribution in [-0.2, 0) is 0 Å². The molecule has 0 saturated carbocycles. The number of nitrogens with one attached hydrogen (secondary N) is 1. The van der Waals surface area contributed by atoms with Gasteiger partial charge in [0.05, 0.1) is 6.20 Å². The van der Waals surface area contributed by atoms with Crippen molar-refractivity contribution >= 4 is 11.7 Å². The summed E-state index contributed by atoms with van der Waals surface area (Å²) in [6, 6.07) is 0.532. The first-order valence-corrected chi connectivity index (χ1v) is 6.58. The number of piperazine rings is 1. The minimum Gasteiger partial charge on any atom is -0.383 e. The molecule has 2 aliphatic rings. The van der Waals surface area contributed by atoms with Gasteiger partial charge in [-0.05, 0) is 19.4 Å². The Morgan fingerprint density at radius 3 is 3.06 bits per heavy atom. The molecule has 1 atom stereocenters. The van der Waals surface area contributed by atoms with E-state index in [1.807, 2.05) is 4.90 Å². The lowest BCUT2D eigenvalue weighted by atomic mass is 9.99. The molecule has 0 aliphatic carbocycles. The minimum atomic E-state index is 0.00599. The highest BCUT2D eigenvalue weighted by atomic mass is 16.2. The number of aromatic amines is 1. The highest BCUT2D eigenvalue weighted by Gasteiger charge is 2.32. The lowest BCUT2D eigenvalue weighted by Crippen LogP contribution is -2.56. The number of piperidine rings is 1. The third kappa shape index (κ3) is 1.96. The van der Waals surface area contributed by atoms with Gasteiger partial charge >= 0.3 is 0 Å². The molecular formula is C12H19N5O. The molecular weight excluding hydrogens is 230 g/mol. The van der Waals surface area contributed by atoms with Gasteiger partial charge in [0, 0.05) is 25.7 Å². The highest BCUT2D eigenvalue weighted by molar-refractivity contribution is 5.98. The van der Waals surface area contributed by atoms with Crippen molar-refractivity contribution in [3.8, 4) is 0 Å². The topological polar surface area (TPSA) is 78.2 Å². The van der Waals surface area contributed by atoms with Crippen molar-refractivity contribution in [1.82, 2.24) is 20.0 Å². The molecule has 1 aromatic rings. The van der Waals surface area contributed by atoms with Gasteiger partial charge in [-0.15, -0.1) is 0 Å². The number of H-pyrrole nitrogens is 1. The Hall–Kier alpha value is -1.56. The van der Waals surface area contributed by atoms with Crippen LogP contribution in [-0.4, -0.2) is 58.1 Å². The fraction of sp³-hybridized carbons (Fsp3) is 0.667. The monoisotopic (exact) mass is 249 g/mol. The van der Waals surface area contributed by atoms with Crippen molar-refractivity contribution in [2.24, 2.45) is 0 Å². The molecule has 1 unspecified atom stereocenters. The second-order valence-electron chi connectivity index (χ2n) is 5.13. The summed E-state index contributed by atoms with van der Waals surface area (Å²) in [6.07, 6.45) is 5.28. The van der Waals surface area contributed by atoms with Gasteiger partial charge in [-0.2, -0.15) is 5.10 Å². The molecule has 6 heteroatoms. The van der Waals surface area contributed by atoms with Crippen molar-refractivity contribution in [3.63, 3.8) is 0 Å². The Morgan fingerprint density at radius 1 is 1.39 bits per heavy atom. The average Bonchev–Trinajstić information content (AvgIpc) is 2.83. The number of rotatable bonds is 1. The van der Waals surface area contributed by atoms with Crippen molar-refractivity contribution in [2.75, 3.05) is 31.9 Å². The number of nitrogen functional groups attached to an aromatic ring is 1. The van der Waals surface area contributed by atoms with E-state index < -0.39 is 0 Å². The number of hydrogen-bond donors (Lipinski definition) is 2. The van der Waals surface area contributed by atoms with Crippen LogP contribution in [0.4, 0.5) is 5.82 Å². The summed E-state index contributed by atoms with van der Waals surface area (Å²) in [4.78, 5) is 16.7. The number of aromatic nitrogens is 2. The molecule has 2 fully saturated rings. The fourth-order valence-electron chi connectivity index (χ4n) is 2.98. The molecule has 3 rings (SSSR count). The standard InChI is InChI=1S/C12H19N5O/c13-11-10(7-14-15-11)12(18)17-6-5-16-4-2-1-3-9(16)8-17/h7,9H,1-6,8H2,(H3,13,14,15). The normalized spacial score (nSPS) is 24.9. The number of amides is 1. The SMILES string of the molecule is Nc1[nH]ncc1C(=O)N1CCN2CCCCC2C1.